The molecule has 246 valence electrons. The van der Waals surface area contributed by atoms with Gasteiger partial charge in [-0.25, -0.2) is 8.70 Å². The van der Waals surface area contributed by atoms with E-state index in [1.165, 1.54) is 5.56 Å². The van der Waals surface area contributed by atoms with Crippen LogP contribution in [0.15, 0.2) is 36.4 Å². The number of hydrogen-bond donors (Lipinski definition) is 2. The maximum atomic E-state index is 14.8. The first-order valence-electron chi connectivity index (χ1n) is 16.1. The topological polar surface area (TPSA) is 49.5 Å². The van der Waals surface area contributed by atoms with Crippen molar-refractivity contribution < 1.29 is 9.13 Å². The molecule has 0 aliphatic carbocycles. The predicted octanol–water partition coefficient (Wildman–Crippen LogP) is 4.58. The summed E-state index contributed by atoms with van der Waals surface area (Å²) >= 11 is 3.47. The van der Waals surface area contributed by atoms with Gasteiger partial charge in [-0.05, 0) is 74.9 Å². The first-order chi connectivity index (χ1) is 21.4. The second-order valence-corrected chi connectivity index (χ2v) is 13.6. The van der Waals surface area contributed by atoms with Gasteiger partial charge >= 0.3 is 0 Å². The Morgan fingerprint density at radius 2 is 1.73 bits per heavy atom. The van der Waals surface area contributed by atoms with Gasteiger partial charge in [-0.3, -0.25) is 14.5 Å². The zero-order valence-corrected chi connectivity index (χ0v) is 29.1. The van der Waals surface area contributed by atoms with Gasteiger partial charge in [0.25, 0.3) is 0 Å². The van der Waals surface area contributed by atoms with E-state index < -0.39 is 0 Å². The summed E-state index contributed by atoms with van der Waals surface area (Å²) in [5.41, 5.74) is 4.05. The lowest BCUT2D eigenvalue weighted by Crippen LogP contribution is -2.48. The zero-order chi connectivity index (χ0) is 31.3. The molecule has 0 spiro atoms. The fourth-order valence-corrected chi connectivity index (χ4v) is 6.68. The second kappa shape index (κ2) is 18.4. The minimum atomic E-state index is -0.163. The zero-order valence-electron chi connectivity index (χ0n) is 27.5. The summed E-state index contributed by atoms with van der Waals surface area (Å²) in [4.78, 5) is 9.83. The standard InChI is InChI=1S/C33H54FN7OS2/c1-27(2)39-17-19-40(20-18-39)30-7-8-31(34)29(25-30)10-23-42-33-9-6-28(24-32(33)35-11-12-36-43-4)26-37(3)13-14-38-15-21-41(44-5)22-16-38/h6-9,24-25,27,35-36H,10-23,26H2,1-5H3. The third kappa shape index (κ3) is 11.0. The van der Waals surface area contributed by atoms with Crippen LogP contribution in [0, 0.1) is 5.82 Å². The molecule has 11 heteroatoms. The summed E-state index contributed by atoms with van der Waals surface area (Å²) < 4.78 is 26.8. The van der Waals surface area contributed by atoms with Crippen molar-refractivity contribution in [2.24, 2.45) is 0 Å². The van der Waals surface area contributed by atoms with Crippen LogP contribution in [0.25, 0.3) is 0 Å². The van der Waals surface area contributed by atoms with Crippen molar-refractivity contribution in [1.29, 1.82) is 0 Å². The van der Waals surface area contributed by atoms with Crippen LogP contribution in [0.5, 0.6) is 5.75 Å². The Balaban J connectivity index is 1.32. The molecule has 0 atom stereocenters. The summed E-state index contributed by atoms with van der Waals surface area (Å²) in [6, 6.07) is 12.5. The Kier molecular flexibility index (Phi) is 14.7. The third-order valence-corrected chi connectivity index (χ3v) is 10.0. The van der Waals surface area contributed by atoms with Gasteiger partial charge in [-0.15, -0.1) is 0 Å². The van der Waals surface area contributed by atoms with Crippen molar-refractivity contribution in [3.05, 3.63) is 53.3 Å². The number of halogens is 1. The summed E-state index contributed by atoms with van der Waals surface area (Å²) in [6.07, 6.45) is 4.72. The van der Waals surface area contributed by atoms with E-state index in [2.05, 4.69) is 79.3 Å². The van der Waals surface area contributed by atoms with Gasteiger partial charge in [0.1, 0.15) is 11.6 Å². The molecular formula is C33H54FN7OS2. The summed E-state index contributed by atoms with van der Waals surface area (Å²) in [7, 11) is 2.20. The van der Waals surface area contributed by atoms with Gasteiger partial charge in [0, 0.05) is 103 Å². The maximum Gasteiger partial charge on any atom is 0.142 e. The van der Waals surface area contributed by atoms with Crippen LogP contribution in [-0.2, 0) is 13.0 Å². The SMILES string of the molecule is CSNCCNc1cc(CN(C)CCN2CCN(SC)CC2)ccc1OCCc1cc(N2CCN(C(C)C)CC2)ccc1F. The molecular weight excluding hydrogens is 594 g/mol. The van der Waals surface area contributed by atoms with E-state index in [1.807, 2.05) is 30.3 Å². The normalized spacial score (nSPS) is 17.1. The highest BCUT2D eigenvalue weighted by atomic mass is 32.2. The molecule has 0 amide bonds. The van der Waals surface area contributed by atoms with Crippen LogP contribution in [0.4, 0.5) is 15.8 Å². The Labute approximate surface area is 274 Å². The lowest BCUT2D eigenvalue weighted by molar-refractivity contribution is 0.172. The molecule has 8 nitrogen and oxygen atoms in total. The van der Waals surface area contributed by atoms with E-state index in [1.54, 1.807) is 18.0 Å². The lowest BCUT2D eigenvalue weighted by atomic mass is 10.1. The van der Waals surface area contributed by atoms with Crippen LogP contribution < -0.4 is 19.7 Å². The molecule has 0 bridgehead atoms. The fourth-order valence-electron chi connectivity index (χ4n) is 5.85. The highest BCUT2D eigenvalue weighted by molar-refractivity contribution is 7.96. The third-order valence-electron chi connectivity index (χ3n) is 8.64. The van der Waals surface area contributed by atoms with Crippen molar-refractivity contribution in [2.75, 3.05) is 115 Å². The largest absolute Gasteiger partial charge is 0.491 e. The van der Waals surface area contributed by atoms with Gasteiger partial charge in [-0.1, -0.05) is 30.0 Å². The second-order valence-electron chi connectivity index (χ2n) is 12.0. The first kappa shape index (κ1) is 35.1. The van der Waals surface area contributed by atoms with Crippen LogP contribution >= 0.6 is 23.9 Å². The molecule has 0 radical (unpaired) electrons. The Morgan fingerprint density at radius 3 is 2.43 bits per heavy atom. The number of likely N-dealkylation sites (N-methyl/N-ethyl adjacent to an activating group) is 1. The van der Waals surface area contributed by atoms with Crippen molar-refractivity contribution in [3.8, 4) is 5.75 Å². The molecule has 2 N–H and O–H groups in total. The van der Waals surface area contributed by atoms with Crippen LogP contribution in [0.1, 0.15) is 25.0 Å². The molecule has 2 aliphatic heterocycles. The van der Waals surface area contributed by atoms with E-state index in [9.17, 15) is 4.39 Å². The molecule has 0 saturated carbocycles. The Morgan fingerprint density at radius 1 is 0.955 bits per heavy atom. The molecule has 44 heavy (non-hydrogen) atoms. The predicted molar refractivity (Wildman–Crippen MR) is 189 cm³/mol. The minimum absolute atomic E-state index is 0.163. The van der Waals surface area contributed by atoms with Crippen LogP contribution in [0.2, 0.25) is 0 Å². The number of benzene rings is 2. The monoisotopic (exact) mass is 647 g/mol. The van der Waals surface area contributed by atoms with E-state index in [0.29, 0.717) is 24.6 Å². The molecule has 0 aromatic heterocycles. The highest BCUT2D eigenvalue weighted by Crippen LogP contribution is 2.27. The summed E-state index contributed by atoms with van der Waals surface area (Å²) in [6.45, 7) is 18.1. The van der Waals surface area contributed by atoms with Gasteiger partial charge in [0.05, 0.1) is 12.3 Å². The number of ether oxygens (including phenoxy) is 1. The average molecular weight is 648 g/mol. The molecule has 2 aromatic carbocycles. The smallest absolute Gasteiger partial charge is 0.142 e. The molecule has 2 fully saturated rings. The lowest BCUT2D eigenvalue weighted by Gasteiger charge is -2.38. The fraction of sp³-hybridized carbons (Fsp3) is 0.636. The number of nitrogens with one attached hydrogen (secondary N) is 2. The van der Waals surface area contributed by atoms with Crippen molar-refractivity contribution in [2.45, 2.75) is 32.9 Å². The van der Waals surface area contributed by atoms with Gasteiger partial charge < -0.3 is 19.9 Å². The molecule has 2 heterocycles. The highest BCUT2D eigenvalue weighted by Gasteiger charge is 2.20. The number of hydrogen-bond acceptors (Lipinski definition) is 10. The molecule has 4 rings (SSSR count). The number of nitrogens with zero attached hydrogens (tertiary/aromatic N) is 5. The molecule has 0 unspecified atom stereocenters. The van der Waals surface area contributed by atoms with E-state index >= 15 is 0 Å². The van der Waals surface area contributed by atoms with Crippen LogP contribution in [-0.4, -0.2) is 130 Å². The minimum Gasteiger partial charge on any atom is -0.491 e. The van der Waals surface area contributed by atoms with Crippen molar-refractivity contribution in [3.63, 3.8) is 0 Å². The molecule has 2 aliphatic rings. The molecule has 2 saturated heterocycles. The summed E-state index contributed by atoms with van der Waals surface area (Å²) in [5, 5.41) is 3.56. The summed E-state index contributed by atoms with van der Waals surface area (Å²) in [5.74, 6) is 0.651. The van der Waals surface area contributed by atoms with Crippen molar-refractivity contribution in [1.82, 2.24) is 23.7 Å². The quantitative estimate of drug-likeness (QED) is 0.189. The van der Waals surface area contributed by atoms with Gasteiger partial charge in [0.2, 0.25) is 0 Å². The average Bonchev–Trinajstić information content (AvgIpc) is 3.04. The van der Waals surface area contributed by atoms with Crippen LogP contribution in [0.3, 0.4) is 0 Å². The maximum absolute atomic E-state index is 14.8. The first-order valence-corrected chi connectivity index (χ1v) is 18.5. The number of piperazine rings is 2. The number of anilines is 2. The molecule has 2 aromatic rings. The number of rotatable bonds is 17. The van der Waals surface area contributed by atoms with E-state index in [-0.39, 0.29) is 5.82 Å². The van der Waals surface area contributed by atoms with E-state index in [0.717, 1.165) is 102 Å². The van der Waals surface area contributed by atoms with Gasteiger partial charge in [-0.2, -0.15) is 0 Å². The Hall–Kier alpha value is -1.73. The Bertz CT molecular complexity index is 1130. The van der Waals surface area contributed by atoms with E-state index in [4.69, 9.17) is 4.74 Å². The van der Waals surface area contributed by atoms with Crippen molar-refractivity contribution >= 4 is 35.3 Å². The van der Waals surface area contributed by atoms with Gasteiger partial charge in [0.15, 0.2) is 0 Å².